The van der Waals surface area contributed by atoms with Crippen molar-refractivity contribution in [3.63, 3.8) is 0 Å². The molecule has 0 saturated carbocycles. The number of imidazole rings is 1. The Morgan fingerprint density at radius 3 is 2.89 bits per heavy atom. The van der Waals surface area contributed by atoms with Gasteiger partial charge in [-0.1, -0.05) is 11.6 Å². The van der Waals surface area contributed by atoms with Crippen LogP contribution in [-0.4, -0.2) is 21.6 Å². The summed E-state index contributed by atoms with van der Waals surface area (Å²) in [6.07, 6.45) is 4.02. The Balaban J connectivity index is 2.11. The molecule has 1 aromatic carbocycles. The minimum Gasteiger partial charge on any atom is -0.481 e. The maximum atomic E-state index is 12.0. The third kappa shape index (κ3) is 2.71. The SMILES string of the molecule is Cc1cc(Cl)ccc1OC(C)C(=O)n1ccnc1. The van der Waals surface area contributed by atoms with Crippen molar-refractivity contribution in [3.8, 4) is 5.75 Å². The van der Waals surface area contributed by atoms with Crippen molar-refractivity contribution in [2.24, 2.45) is 0 Å². The molecule has 0 aliphatic carbocycles. The lowest BCUT2D eigenvalue weighted by Crippen LogP contribution is -2.28. The summed E-state index contributed by atoms with van der Waals surface area (Å²) in [4.78, 5) is 15.8. The Kier molecular flexibility index (Phi) is 3.67. The van der Waals surface area contributed by atoms with E-state index >= 15 is 0 Å². The zero-order valence-corrected chi connectivity index (χ0v) is 10.9. The molecule has 0 aliphatic rings. The number of aromatic nitrogens is 2. The third-order valence-electron chi connectivity index (χ3n) is 2.55. The summed E-state index contributed by atoms with van der Waals surface area (Å²) in [6.45, 7) is 3.59. The molecule has 1 unspecified atom stereocenters. The van der Waals surface area contributed by atoms with Crippen LogP contribution in [0.15, 0.2) is 36.9 Å². The summed E-state index contributed by atoms with van der Waals surface area (Å²) < 4.78 is 7.03. The fraction of sp³-hybridized carbons (Fsp3) is 0.231. The molecule has 0 fully saturated rings. The molecule has 0 amide bonds. The standard InChI is InChI=1S/C13H13ClN2O2/c1-9-7-11(14)3-4-12(9)18-10(2)13(17)16-6-5-15-8-16/h3-8,10H,1-2H3. The number of hydrogen-bond donors (Lipinski definition) is 0. The molecule has 0 spiro atoms. The molecule has 2 rings (SSSR count). The summed E-state index contributed by atoms with van der Waals surface area (Å²) in [5.41, 5.74) is 0.896. The number of carbonyl (C=O) groups is 1. The van der Waals surface area contributed by atoms with Crippen LogP contribution >= 0.6 is 11.6 Å². The van der Waals surface area contributed by atoms with Gasteiger partial charge < -0.3 is 4.74 Å². The number of aryl methyl sites for hydroxylation is 1. The molecule has 0 saturated heterocycles. The first-order chi connectivity index (χ1) is 8.58. The topological polar surface area (TPSA) is 44.1 Å². The first kappa shape index (κ1) is 12.6. The van der Waals surface area contributed by atoms with Crippen LogP contribution in [0.25, 0.3) is 0 Å². The monoisotopic (exact) mass is 264 g/mol. The predicted molar refractivity (Wildman–Crippen MR) is 69.1 cm³/mol. The predicted octanol–water partition coefficient (Wildman–Crippen LogP) is 2.95. The molecule has 1 heterocycles. The average Bonchev–Trinajstić information content (AvgIpc) is 2.85. The second-order valence-electron chi connectivity index (χ2n) is 3.98. The van der Waals surface area contributed by atoms with E-state index in [9.17, 15) is 4.79 Å². The fourth-order valence-electron chi connectivity index (χ4n) is 1.59. The highest BCUT2D eigenvalue weighted by molar-refractivity contribution is 6.30. The number of carbonyl (C=O) groups excluding carboxylic acids is 1. The summed E-state index contributed by atoms with van der Waals surface area (Å²) in [5.74, 6) is 0.488. The van der Waals surface area contributed by atoms with Crippen molar-refractivity contribution in [2.75, 3.05) is 0 Å². The van der Waals surface area contributed by atoms with E-state index in [-0.39, 0.29) is 5.91 Å². The van der Waals surface area contributed by atoms with Gasteiger partial charge >= 0.3 is 0 Å². The van der Waals surface area contributed by atoms with Crippen molar-refractivity contribution < 1.29 is 9.53 Å². The van der Waals surface area contributed by atoms with Crippen molar-refractivity contribution in [3.05, 3.63) is 47.5 Å². The first-order valence-electron chi connectivity index (χ1n) is 5.53. The number of ether oxygens (including phenoxy) is 1. The largest absolute Gasteiger partial charge is 0.481 e. The van der Waals surface area contributed by atoms with Crippen LogP contribution in [-0.2, 0) is 0 Å². The number of rotatable bonds is 3. The van der Waals surface area contributed by atoms with Crippen LogP contribution in [0.3, 0.4) is 0 Å². The summed E-state index contributed by atoms with van der Waals surface area (Å²) >= 11 is 5.86. The van der Waals surface area contributed by atoms with Crippen molar-refractivity contribution in [1.82, 2.24) is 9.55 Å². The fourth-order valence-corrected chi connectivity index (χ4v) is 1.81. The van der Waals surface area contributed by atoms with Crippen molar-refractivity contribution in [1.29, 1.82) is 0 Å². The van der Waals surface area contributed by atoms with Gasteiger partial charge in [0, 0.05) is 17.4 Å². The average molecular weight is 265 g/mol. The van der Waals surface area contributed by atoms with E-state index in [0.717, 1.165) is 5.56 Å². The van der Waals surface area contributed by atoms with Gasteiger partial charge in [0.25, 0.3) is 5.91 Å². The lowest BCUT2D eigenvalue weighted by Gasteiger charge is -2.15. The molecular weight excluding hydrogens is 252 g/mol. The summed E-state index contributed by atoms with van der Waals surface area (Å²) in [6, 6.07) is 5.29. The minimum atomic E-state index is -0.584. The Bertz CT molecular complexity index is 552. The Hall–Kier alpha value is -1.81. The summed E-state index contributed by atoms with van der Waals surface area (Å²) in [5, 5.41) is 0.647. The second-order valence-corrected chi connectivity index (χ2v) is 4.41. The molecule has 2 aromatic rings. The molecule has 0 radical (unpaired) electrons. The molecular formula is C13H13ClN2O2. The highest BCUT2D eigenvalue weighted by Crippen LogP contribution is 2.23. The Labute approximate surface area is 110 Å². The van der Waals surface area contributed by atoms with E-state index in [1.54, 1.807) is 37.5 Å². The van der Waals surface area contributed by atoms with Gasteiger partial charge in [0.05, 0.1) is 0 Å². The molecule has 1 aromatic heterocycles. The smallest absolute Gasteiger partial charge is 0.272 e. The van der Waals surface area contributed by atoms with Crippen LogP contribution in [0, 0.1) is 6.92 Å². The van der Waals surface area contributed by atoms with Gasteiger partial charge in [0.15, 0.2) is 6.10 Å². The van der Waals surface area contributed by atoms with E-state index in [4.69, 9.17) is 16.3 Å². The Morgan fingerprint density at radius 2 is 2.28 bits per heavy atom. The lowest BCUT2D eigenvalue weighted by atomic mass is 10.2. The minimum absolute atomic E-state index is 0.165. The highest BCUT2D eigenvalue weighted by Gasteiger charge is 2.17. The van der Waals surface area contributed by atoms with Gasteiger partial charge in [-0.05, 0) is 37.6 Å². The zero-order chi connectivity index (χ0) is 13.1. The van der Waals surface area contributed by atoms with E-state index in [1.807, 2.05) is 6.92 Å². The molecule has 5 heteroatoms. The van der Waals surface area contributed by atoms with Gasteiger partial charge in [0.1, 0.15) is 12.1 Å². The summed E-state index contributed by atoms with van der Waals surface area (Å²) in [7, 11) is 0. The molecule has 18 heavy (non-hydrogen) atoms. The molecule has 0 bridgehead atoms. The highest BCUT2D eigenvalue weighted by atomic mass is 35.5. The number of hydrogen-bond acceptors (Lipinski definition) is 3. The van der Waals surface area contributed by atoms with Crippen molar-refractivity contribution >= 4 is 17.5 Å². The number of nitrogens with zero attached hydrogens (tertiary/aromatic N) is 2. The van der Waals surface area contributed by atoms with Crippen LogP contribution in [0.5, 0.6) is 5.75 Å². The molecule has 4 nitrogen and oxygen atoms in total. The van der Waals surface area contributed by atoms with E-state index < -0.39 is 6.10 Å². The van der Waals surface area contributed by atoms with Gasteiger partial charge in [-0.2, -0.15) is 0 Å². The van der Waals surface area contributed by atoms with Gasteiger partial charge in [-0.15, -0.1) is 0 Å². The maximum absolute atomic E-state index is 12.0. The van der Waals surface area contributed by atoms with Crippen LogP contribution < -0.4 is 4.74 Å². The van der Waals surface area contributed by atoms with Crippen LogP contribution in [0.1, 0.15) is 17.3 Å². The molecule has 1 atom stereocenters. The number of benzene rings is 1. The van der Waals surface area contributed by atoms with Crippen molar-refractivity contribution in [2.45, 2.75) is 20.0 Å². The Morgan fingerprint density at radius 1 is 1.50 bits per heavy atom. The van der Waals surface area contributed by atoms with Gasteiger partial charge in [0.2, 0.25) is 0 Å². The first-order valence-corrected chi connectivity index (χ1v) is 5.90. The van der Waals surface area contributed by atoms with E-state index in [0.29, 0.717) is 10.8 Å². The lowest BCUT2D eigenvalue weighted by molar-refractivity contribution is 0.0726. The van der Waals surface area contributed by atoms with Gasteiger partial charge in [-0.25, -0.2) is 4.98 Å². The van der Waals surface area contributed by atoms with E-state index in [2.05, 4.69) is 4.98 Å². The molecule has 0 aliphatic heterocycles. The molecule has 0 N–H and O–H groups in total. The van der Waals surface area contributed by atoms with E-state index in [1.165, 1.54) is 10.9 Å². The van der Waals surface area contributed by atoms with Gasteiger partial charge in [-0.3, -0.25) is 9.36 Å². The number of halogens is 1. The second kappa shape index (κ2) is 5.23. The zero-order valence-electron chi connectivity index (χ0n) is 10.1. The normalized spacial score (nSPS) is 12.2. The van der Waals surface area contributed by atoms with Crippen LogP contribution in [0.4, 0.5) is 0 Å². The van der Waals surface area contributed by atoms with Crippen LogP contribution in [0.2, 0.25) is 5.02 Å². The maximum Gasteiger partial charge on any atom is 0.272 e. The third-order valence-corrected chi connectivity index (χ3v) is 2.78. The molecule has 94 valence electrons. The quantitative estimate of drug-likeness (QED) is 0.856.